The van der Waals surface area contributed by atoms with Crippen molar-refractivity contribution in [1.29, 1.82) is 0 Å². The number of hydrogen-bond acceptors (Lipinski definition) is 5. The van der Waals surface area contributed by atoms with Crippen LogP contribution in [0.25, 0.3) is 0 Å². The molecule has 0 radical (unpaired) electrons. The van der Waals surface area contributed by atoms with Crippen molar-refractivity contribution in [2.24, 2.45) is 16.3 Å². The molecule has 4 N–H and O–H groups in total. The lowest BCUT2D eigenvalue weighted by Gasteiger charge is -2.39. The van der Waals surface area contributed by atoms with Gasteiger partial charge in [0.15, 0.2) is 0 Å². The van der Waals surface area contributed by atoms with Gasteiger partial charge in [-0.3, -0.25) is 4.90 Å². The number of oxime groups is 1. The molecule has 0 amide bonds. The molecule has 1 heterocycles. The van der Waals surface area contributed by atoms with Gasteiger partial charge >= 0.3 is 0 Å². The van der Waals surface area contributed by atoms with Crippen LogP contribution < -0.4 is 5.73 Å². The SMILES string of the molecule is CC1COC(CO)CN1CC1(CC(N)=NO)CC1. The molecule has 2 rings (SSSR count). The van der Waals surface area contributed by atoms with Crippen molar-refractivity contribution in [3.05, 3.63) is 0 Å². The molecule has 104 valence electrons. The van der Waals surface area contributed by atoms with Gasteiger partial charge in [0, 0.05) is 25.6 Å². The van der Waals surface area contributed by atoms with Gasteiger partial charge in [0.05, 0.1) is 19.3 Å². The lowest BCUT2D eigenvalue weighted by atomic mass is 9.99. The molecule has 2 atom stereocenters. The molecule has 0 aromatic carbocycles. The van der Waals surface area contributed by atoms with Crippen LogP contribution >= 0.6 is 0 Å². The van der Waals surface area contributed by atoms with Crippen LogP contribution in [0.5, 0.6) is 0 Å². The molecule has 0 aromatic heterocycles. The highest BCUT2D eigenvalue weighted by molar-refractivity contribution is 5.80. The fourth-order valence-corrected chi connectivity index (χ4v) is 2.62. The van der Waals surface area contributed by atoms with E-state index < -0.39 is 0 Å². The smallest absolute Gasteiger partial charge is 0.139 e. The number of ether oxygens (including phenoxy) is 1. The molecule has 18 heavy (non-hydrogen) atoms. The summed E-state index contributed by atoms with van der Waals surface area (Å²) in [5, 5.41) is 20.9. The number of rotatable bonds is 5. The molecule has 1 aliphatic carbocycles. The van der Waals surface area contributed by atoms with E-state index in [-0.39, 0.29) is 18.1 Å². The van der Waals surface area contributed by atoms with Crippen LogP contribution in [0.1, 0.15) is 26.2 Å². The first-order valence-corrected chi connectivity index (χ1v) is 6.51. The van der Waals surface area contributed by atoms with Gasteiger partial charge < -0.3 is 20.8 Å². The zero-order chi connectivity index (χ0) is 13.2. The Labute approximate surface area is 107 Å². The summed E-state index contributed by atoms with van der Waals surface area (Å²) in [4.78, 5) is 2.35. The van der Waals surface area contributed by atoms with Gasteiger partial charge in [-0.2, -0.15) is 0 Å². The highest BCUT2D eigenvalue weighted by atomic mass is 16.5. The van der Waals surface area contributed by atoms with E-state index in [1.165, 1.54) is 0 Å². The third-order valence-corrected chi connectivity index (χ3v) is 4.02. The number of hydrogen-bond donors (Lipinski definition) is 3. The van der Waals surface area contributed by atoms with E-state index in [9.17, 15) is 0 Å². The van der Waals surface area contributed by atoms with Crippen molar-refractivity contribution in [2.45, 2.75) is 38.3 Å². The highest BCUT2D eigenvalue weighted by Crippen LogP contribution is 2.49. The molecule has 2 fully saturated rings. The molecule has 1 aliphatic heterocycles. The van der Waals surface area contributed by atoms with Crippen molar-refractivity contribution in [3.63, 3.8) is 0 Å². The standard InChI is InChI=1S/C12H23N3O3/c1-9-7-18-10(6-16)5-15(9)8-12(2-3-12)4-11(13)14-17/h9-10,16-17H,2-8H2,1H3,(H2,13,14). The molecule has 1 saturated carbocycles. The second-order valence-corrected chi connectivity index (χ2v) is 5.68. The summed E-state index contributed by atoms with van der Waals surface area (Å²) < 4.78 is 5.53. The van der Waals surface area contributed by atoms with Crippen molar-refractivity contribution in [3.8, 4) is 0 Å². The zero-order valence-corrected chi connectivity index (χ0v) is 10.9. The minimum atomic E-state index is -0.0825. The summed E-state index contributed by atoms with van der Waals surface area (Å²) in [7, 11) is 0. The van der Waals surface area contributed by atoms with Crippen LogP contribution in [-0.2, 0) is 4.74 Å². The van der Waals surface area contributed by atoms with E-state index in [0.717, 1.165) is 25.9 Å². The number of nitrogens with two attached hydrogens (primary N) is 1. The largest absolute Gasteiger partial charge is 0.409 e. The number of nitrogens with zero attached hydrogens (tertiary/aromatic N) is 2. The molecule has 0 aromatic rings. The second kappa shape index (κ2) is 5.42. The summed E-state index contributed by atoms with van der Waals surface area (Å²) in [6.45, 7) is 4.55. The van der Waals surface area contributed by atoms with Crippen molar-refractivity contribution < 1.29 is 15.1 Å². The van der Waals surface area contributed by atoms with Gasteiger partial charge in [-0.1, -0.05) is 5.16 Å². The normalized spacial score (nSPS) is 32.4. The number of morpholine rings is 1. The van der Waals surface area contributed by atoms with Gasteiger partial charge in [0.1, 0.15) is 5.84 Å². The minimum Gasteiger partial charge on any atom is -0.409 e. The summed E-state index contributed by atoms with van der Waals surface area (Å²) in [5.74, 6) is 0.312. The first-order valence-electron chi connectivity index (χ1n) is 6.51. The molecule has 2 aliphatic rings. The quantitative estimate of drug-likeness (QED) is 0.279. The fourth-order valence-electron chi connectivity index (χ4n) is 2.62. The number of aliphatic hydroxyl groups excluding tert-OH is 1. The monoisotopic (exact) mass is 257 g/mol. The Morgan fingerprint density at radius 3 is 2.83 bits per heavy atom. The maximum absolute atomic E-state index is 9.17. The topological polar surface area (TPSA) is 91.3 Å². The van der Waals surface area contributed by atoms with Crippen molar-refractivity contribution in [1.82, 2.24) is 4.90 Å². The zero-order valence-electron chi connectivity index (χ0n) is 10.9. The van der Waals surface area contributed by atoms with Crippen LogP contribution in [0, 0.1) is 5.41 Å². The molecular formula is C12H23N3O3. The molecular weight excluding hydrogens is 234 g/mol. The van der Waals surface area contributed by atoms with Crippen LogP contribution in [0.4, 0.5) is 0 Å². The van der Waals surface area contributed by atoms with Gasteiger partial charge in [-0.05, 0) is 25.2 Å². The van der Waals surface area contributed by atoms with Crippen LogP contribution in [-0.4, -0.2) is 59.5 Å². The average molecular weight is 257 g/mol. The first-order chi connectivity index (χ1) is 8.58. The fraction of sp³-hybridized carbons (Fsp3) is 0.917. The third-order valence-electron chi connectivity index (χ3n) is 4.02. The number of amidine groups is 1. The van der Waals surface area contributed by atoms with Crippen molar-refractivity contribution >= 4 is 5.84 Å². The Balaban J connectivity index is 1.91. The summed E-state index contributed by atoms with van der Waals surface area (Å²) in [6, 6.07) is 0.359. The Hall–Kier alpha value is -0.850. The van der Waals surface area contributed by atoms with E-state index in [0.29, 0.717) is 24.9 Å². The third kappa shape index (κ3) is 3.13. The van der Waals surface area contributed by atoms with Gasteiger partial charge in [0.2, 0.25) is 0 Å². The first kappa shape index (κ1) is 13.6. The van der Waals surface area contributed by atoms with E-state index in [2.05, 4.69) is 17.0 Å². The van der Waals surface area contributed by atoms with Gasteiger partial charge in [-0.15, -0.1) is 0 Å². The Kier molecular flexibility index (Phi) is 4.09. The molecule has 6 heteroatoms. The average Bonchev–Trinajstić information content (AvgIpc) is 3.11. The Morgan fingerprint density at radius 2 is 2.28 bits per heavy atom. The van der Waals surface area contributed by atoms with E-state index >= 15 is 0 Å². The molecule has 0 bridgehead atoms. The van der Waals surface area contributed by atoms with E-state index in [4.69, 9.17) is 20.8 Å². The molecule has 1 saturated heterocycles. The van der Waals surface area contributed by atoms with Crippen LogP contribution in [0.3, 0.4) is 0 Å². The van der Waals surface area contributed by atoms with E-state index in [1.54, 1.807) is 0 Å². The lowest BCUT2D eigenvalue weighted by Crippen LogP contribution is -2.51. The number of aliphatic hydroxyl groups is 1. The summed E-state index contributed by atoms with van der Waals surface area (Å²) in [5.41, 5.74) is 5.78. The molecule has 0 spiro atoms. The van der Waals surface area contributed by atoms with Gasteiger partial charge in [0.25, 0.3) is 0 Å². The van der Waals surface area contributed by atoms with Crippen LogP contribution in [0.2, 0.25) is 0 Å². The maximum Gasteiger partial charge on any atom is 0.139 e. The molecule has 2 unspecified atom stereocenters. The Morgan fingerprint density at radius 1 is 1.56 bits per heavy atom. The van der Waals surface area contributed by atoms with Crippen molar-refractivity contribution in [2.75, 3.05) is 26.3 Å². The Bertz CT molecular complexity index is 318. The maximum atomic E-state index is 9.17. The molecule has 6 nitrogen and oxygen atoms in total. The van der Waals surface area contributed by atoms with Crippen LogP contribution in [0.15, 0.2) is 5.16 Å². The highest BCUT2D eigenvalue weighted by Gasteiger charge is 2.46. The lowest BCUT2D eigenvalue weighted by molar-refractivity contribution is -0.0824. The predicted molar refractivity (Wildman–Crippen MR) is 67.6 cm³/mol. The predicted octanol–water partition coefficient (Wildman–Crippen LogP) is -0.0153. The van der Waals surface area contributed by atoms with E-state index in [1.807, 2.05) is 0 Å². The second-order valence-electron chi connectivity index (χ2n) is 5.68. The van der Waals surface area contributed by atoms with Gasteiger partial charge in [-0.25, -0.2) is 0 Å². The summed E-state index contributed by atoms with van der Waals surface area (Å²) in [6.07, 6.45) is 2.81. The summed E-state index contributed by atoms with van der Waals surface area (Å²) >= 11 is 0. The minimum absolute atomic E-state index is 0.0659.